The Kier molecular flexibility index (Phi) is 10.2. The number of nitrogens with zero attached hydrogens (tertiary/aromatic N) is 6. The van der Waals surface area contributed by atoms with E-state index >= 15 is 8.78 Å². The second-order valence-electron chi connectivity index (χ2n) is 13.4. The van der Waals surface area contributed by atoms with Gasteiger partial charge in [-0.15, -0.1) is 0 Å². The summed E-state index contributed by atoms with van der Waals surface area (Å²) in [5.74, 6) is -2.47. The van der Waals surface area contributed by atoms with Crippen molar-refractivity contribution in [2.45, 2.75) is 69.6 Å². The van der Waals surface area contributed by atoms with Crippen LogP contribution in [0, 0.1) is 24.5 Å². The molecule has 1 saturated carbocycles. The highest BCUT2D eigenvalue weighted by atomic mass is 32.2. The largest absolute Gasteiger partial charge is 0.417 e. The van der Waals surface area contributed by atoms with Gasteiger partial charge in [0.15, 0.2) is 26.3 Å². The molecule has 1 amide bonds. The van der Waals surface area contributed by atoms with E-state index < -0.39 is 66.9 Å². The Hall–Kier alpha value is -4.73. The van der Waals surface area contributed by atoms with E-state index in [0.29, 0.717) is 12.0 Å². The number of anilines is 1. The molecule has 1 aromatic carbocycles. The molecule has 0 unspecified atom stereocenters. The third-order valence-corrected chi connectivity index (χ3v) is 10.7. The van der Waals surface area contributed by atoms with Crippen molar-refractivity contribution in [1.29, 1.82) is 0 Å². The number of carbonyl (C=O) groups excluding carboxylic acids is 1. The number of alkyl halides is 3. The molecule has 4 heterocycles. The minimum Gasteiger partial charge on any atom is -0.350 e. The highest BCUT2D eigenvalue weighted by molar-refractivity contribution is 7.90. The van der Waals surface area contributed by atoms with Crippen molar-refractivity contribution >= 4 is 32.6 Å². The third-order valence-electron chi connectivity index (χ3n) is 9.69. The van der Waals surface area contributed by atoms with Gasteiger partial charge in [0.2, 0.25) is 5.91 Å². The number of aromatic nitrogens is 4. The molecule has 4 aromatic rings. The van der Waals surface area contributed by atoms with Crippen LogP contribution in [-0.2, 0) is 20.8 Å². The minimum absolute atomic E-state index is 0.0892. The zero-order valence-electron chi connectivity index (χ0n) is 28.8. The van der Waals surface area contributed by atoms with E-state index in [1.165, 1.54) is 38.4 Å². The van der Waals surface area contributed by atoms with Gasteiger partial charge in [0.1, 0.15) is 17.3 Å². The van der Waals surface area contributed by atoms with E-state index in [2.05, 4.69) is 15.0 Å². The topological polar surface area (TPSA) is 118 Å². The lowest BCUT2D eigenvalue weighted by Gasteiger charge is -2.40. The summed E-state index contributed by atoms with van der Waals surface area (Å²) in [5.41, 5.74) is -5.38. The standard InChI is InChI=1S/C36H37F5N6O4S/c1-21-15-16-42-34(52(3,50)51)31(21)47-33-24(19-27(38)30(43-33)29-25(36(39,40)41)12-8-13-26(29)37)32(44-35(47)49)46-18-17-45(20-22(46)2)28(48)14-7-11-23-9-5-4-6-10-23/h7-8,12-16,19,22-23H,4-6,9-11,17-18,20H2,1-3H3/b14-7+/t22-/m0/s1. The van der Waals surface area contributed by atoms with Gasteiger partial charge in [-0.2, -0.15) is 18.2 Å². The molecule has 16 heteroatoms. The number of amides is 1. The smallest absolute Gasteiger partial charge is 0.350 e. The molecule has 52 heavy (non-hydrogen) atoms. The predicted octanol–water partition coefficient (Wildman–Crippen LogP) is 6.42. The summed E-state index contributed by atoms with van der Waals surface area (Å²) in [6.45, 7) is 3.80. The van der Waals surface area contributed by atoms with Crippen molar-refractivity contribution in [2.24, 2.45) is 5.92 Å². The molecule has 2 aliphatic rings. The summed E-state index contributed by atoms with van der Waals surface area (Å²) in [6, 6.07) is 3.87. The quantitative estimate of drug-likeness (QED) is 0.157. The van der Waals surface area contributed by atoms with Crippen LogP contribution in [0.25, 0.3) is 28.0 Å². The fraction of sp³-hybridized carbons (Fsp3) is 0.417. The molecule has 3 aromatic heterocycles. The van der Waals surface area contributed by atoms with Crippen LogP contribution in [0.15, 0.2) is 58.5 Å². The van der Waals surface area contributed by atoms with Gasteiger partial charge in [-0.3, -0.25) is 4.79 Å². The Morgan fingerprint density at radius 1 is 1.04 bits per heavy atom. The lowest BCUT2D eigenvalue weighted by Crippen LogP contribution is -2.54. The van der Waals surface area contributed by atoms with Gasteiger partial charge in [-0.1, -0.05) is 44.2 Å². The number of piperazine rings is 1. The fourth-order valence-corrected chi connectivity index (χ4v) is 7.99. The first-order valence-corrected chi connectivity index (χ1v) is 18.8. The van der Waals surface area contributed by atoms with Gasteiger partial charge in [-0.05, 0) is 62.1 Å². The molecule has 2 fully saturated rings. The number of aryl methyl sites for hydroxylation is 1. The number of halogens is 5. The van der Waals surface area contributed by atoms with Crippen molar-refractivity contribution in [1.82, 2.24) is 24.4 Å². The van der Waals surface area contributed by atoms with E-state index in [9.17, 15) is 31.2 Å². The van der Waals surface area contributed by atoms with Crippen molar-refractivity contribution in [2.75, 3.05) is 30.8 Å². The summed E-state index contributed by atoms with van der Waals surface area (Å²) >= 11 is 0. The first-order chi connectivity index (χ1) is 24.6. The van der Waals surface area contributed by atoms with Crippen LogP contribution in [0.3, 0.4) is 0 Å². The molecular weight excluding hydrogens is 707 g/mol. The Morgan fingerprint density at radius 2 is 1.77 bits per heavy atom. The van der Waals surface area contributed by atoms with Crippen molar-refractivity contribution < 1.29 is 35.2 Å². The normalized spacial score (nSPS) is 17.7. The summed E-state index contributed by atoms with van der Waals surface area (Å²) in [4.78, 5) is 42.8. The number of allylic oxidation sites excluding steroid dienone is 1. The number of benzene rings is 1. The van der Waals surface area contributed by atoms with Gasteiger partial charge in [0, 0.05) is 38.1 Å². The summed E-state index contributed by atoms with van der Waals surface area (Å²) in [5, 5.41) is -0.718. The van der Waals surface area contributed by atoms with Crippen molar-refractivity contribution in [3.63, 3.8) is 0 Å². The highest BCUT2D eigenvalue weighted by Gasteiger charge is 2.37. The third kappa shape index (κ3) is 7.30. The number of hydrogen-bond acceptors (Lipinski definition) is 8. The Morgan fingerprint density at radius 3 is 2.44 bits per heavy atom. The molecule has 0 radical (unpaired) electrons. The lowest BCUT2D eigenvalue weighted by molar-refractivity contribution is -0.137. The molecule has 0 spiro atoms. The maximum atomic E-state index is 16.1. The Balaban J connectivity index is 1.48. The van der Waals surface area contributed by atoms with Crippen LogP contribution in [0.4, 0.5) is 27.8 Å². The Bertz CT molecular complexity index is 2240. The van der Waals surface area contributed by atoms with Gasteiger partial charge >= 0.3 is 11.9 Å². The second-order valence-corrected chi connectivity index (χ2v) is 15.4. The molecule has 0 N–H and O–H groups in total. The lowest BCUT2D eigenvalue weighted by atomic mass is 9.87. The van der Waals surface area contributed by atoms with E-state index in [-0.39, 0.29) is 48.0 Å². The first-order valence-electron chi connectivity index (χ1n) is 16.9. The minimum atomic E-state index is -5.11. The van der Waals surface area contributed by atoms with Crippen LogP contribution in [0.1, 0.15) is 56.6 Å². The molecule has 6 rings (SSSR count). The van der Waals surface area contributed by atoms with Gasteiger partial charge in [-0.25, -0.2) is 36.5 Å². The van der Waals surface area contributed by atoms with Crippen LogP contribution in [-0.4, -0.2) is 70.7 Å². The average molecular weight is 745 g/mol. The molecular formula is C36H37F5N6O4S. The van der Waals surface area contributed by atoms with E-state index in [1.807, 2.05) is 6.08 Å². The number of carbonyl (C=O) groups is 1. The van der Waals surface area contributed by atoms with Crippen LogP contribution < -0.4 is 10.6 Å². The summed E-state index contributed by atoms with van der Waals surface area (Å²) < 4.78 is 100. The van der Waals surface area contributed by atoms with Crippen LogP contribution >= 0.6 is 0 Å². The summed E-state index contributed by atoms with van der Waals surface area (Å²) in [7, 11) is -4.12. The molecule has 0 bridgehead atoms. The van der Waals surface area contributed by atoms with Gasteiger partial charge in [0.25, 0.3) is 0 Å². The average Bonchev–Trinajstić information content (AvgIpc) is 3.08. The number of pyridine rings is 2. The van der Waals surface area contributed by atoms with E-state index in [0.717, 1.165) is 48.3 Å². The van der Waals surface area contributed by atoms with E-state index in [4.69, 9.17) is 0 Å². The number of rotatable bonds is 7. The highest BCUT2D eigenvalue weighted by Crippen LogP contribution is 2.40. The molecule has 1 aliphatic heterocycles. The van der Waals surface area contributed by atoms with Crippen LogP contribution in [0.5, 0.6) is 0 Å². The molecule has 10 nitrogen and oxygen atoms in total. The molecule has 1 atom stereocenters. The Labute approximate surface area is 296 Å². The maximum Gasteiger partial charge on any atom is 0.417 e. The first kappa shape index (κ1) is 37.0. The zero-order valence-corrected chi connectivity index (χ0v) is 29.6. The number of fused-ring (bicyclic) bond motifs is 1. The molecule has 276 valence electrons. The predicted molar refractivity (Wildman–Crippen MR) is 185 cm³/mol. The second kappa shape index (κ2) is 14.4. The monoisotopic (exact) mass is 744 g/mol. The SMILES string of the molecule is Cc1ccnc(S(C)(=O)=O)c1-n1c(=O)nc(N2CCN(C(=O)/C=C/CC3CCCCC3)C[C@@H]2C)c2cc(F)c(-c3c(F)cccc3C(F)(F)F)nc21. The van der Waals surface area contributed by atoms with Crippen molar-refractivity contribution in [3.8, 4) is 16.9 Å². The molecule has 1 aliphatic carbocycles. The van der Waals surface area contributed by atoms with Crippen molar-refractivity contribution in [3.05, 3.63) is 81.9 Å². The number of hydrogen-bond donors (Lipinski definition) is 0. The van der Waals surface area contributed by atoms with Gasteiger partial charge < -0.3 is 9.80 Å². The van der Waals surface area contributed by atoms with E-state index in [1.54, 1.807) is 22.8 Å². The number of sulfone groups is 1. The fourth-order valence-electron chi connectivity index (χ4n) is 7.13. The maximum absolute atomic E-state index is 16.1. The zero-order chi connectivity index (χ0) is 37.5. The van der Waals surface area contributed by atoms with Crippen LogP contribution in [0.2, 0.25) is 0 Å². The molecule has 1 saturated heterocycles. The van der Waals surface area contributed by atoms with Gasteiger partial charge in [0.05, 0.1) is 22.2 Å². The summed E-state index contributed by atoms with van der Waals surface area (Å²) in [6.07, 6.45) is 7.15.